The monoisotopic (exact) mass is 327 g/mol. The van der Waals surface area contributed by atoms with E-state index in [1.807, 2.05) is 19.9 Å². The summed E-state index contributed by atoms with van der Waals surface area (Å²) in [6.07, 6.45) is 2.93. The van der Waals surface area contributed by atoms with E-state index in [1.165, 1.54) is 6.08 Å². The molecule has 1 heterocycles. The molecule has 0 saturated carbocycles. The minimum atomic E-state index is -0.510. The first-order valence-electron chi connectivity index (χ1n) is 7.35. The van der Waals surface area contributed by atoms with E-state index < -0.39 is 5.97 Å². The second-order valence-corrected chi connectivity index (χ2v) is 5.16. The number of nitriles is 1. The average Bonchev–Trinajstić information content (AvgIpc) is 3.06. The van der Waals surface area contributed by atoms with Crippen molar-refractivity contribution in [3.05, 3.63) is 47.6 Å². The van der Waals surface area contributed by atoms with Gasteiger partial charge in [0.2, 0.25) is 0 Å². The summed E-state index contributed by atoms with van der Waals surface area (Å²) < 4.78 is 15.2. The lowest BCUT2D eigenvalue weighted by Gasteiger charge is -2.01. The molecule has 0 radical (unpaired) electrons. The average molecular weight is 327 g/mol. The number of benzene rings is 1. The van der Waals surface area contributed by atoms with Crippen LogP contribution in [0.5, 0.6) is 5.75 Å². The van der Waals surface area contributed by atoms with Crippen LogP contribution < -0.4 is 4.74 Å². The van der Waals surface area contributed by atoms with Gasteiger partial charge in [0, 0.05) is 12.0 Å². The molecule has 7 heteroatoms. The molecule has 0 fully saturated rings. The largest absolute Gasteiger partial charge is 0.479 e. The molecule has 1 aromatic heterocycles. The lowest BCUT2D eigenvalue weighted by Crippen LogP contribution is -2.01. The number of hydrogen-bond donors (Lipinski definition) is 0. The Kier molecular flexibility index (Phi) is 6.08. The van der Waals surface area contributed by atoms with Crippen molar-refractivity contribution in [2.45, 2.75) is 26.4 Å². The van der Waals surface area contributed by atoms with Crippen LogP contribution in [0.1, 0.15) is 37.0 Å². The van der Waals surface area contributed by atoms with Crippen molar-refractivity contribution in [3.8, 4) is 11.8 Å². The third kappa shape index (κ3) is 5.25. The van der Waals surface area contributed by atoms with E-state index in [0.29, 0.717) is 11.6 Å². The van der Waals surface area contributed by atoms with Gasteiger partial charge in [0.25, 0.3) is 5.89 Å². The minimum Gasteiger partial charge on any atom is -0.479 e. The predicted molar refractivity (Wildman–Crippen MR) is 84.8 cm³/mol. The molecule has 124 valence electrons. The zero-order chi connectivity index (χ0) is 17.4. The van der Waals surface area contributed by atoms with Gasteiger partial charge in [-0.2, -0.15) is 10.2 Å². The second-order valence-electron chi connectivity index (χ2n) is 5.16. The van der Waals surface area contributed by atoms with E-state index in [9.17, 15) is 4.79 Å². The van der Waals surface area contributed by atoms with E-state index in [2.05, 4.69) is 10.1 Å². The summed E-state index contributed by atoms with van der Waals surface area (Å²) in [5, 5.41) is 12.2. The topological polar surface area (TPSA) is 98.2 Å². The third-order valence-corrected chi connectivity index (χ3v) is 2.93. The summed E-state index contributed by atoms with van der Waals surface area (Å²) in [6, 6.07) is 8.86. The molecule has 0 aliphatic carbocycles. The van der Waals surface area contributed by atoms with Crippen LogP contribution in [0, 0.1) is 11.3 Å². The van der Waals surface area contributed by atoms with Crippen LogP contribution in [-0.2, 0) is 16.1 Å². The number of aromatic nitrogens is 2. The first kappa shape index (κ1) is 17.2. The van der Waals surface area contributed by atoms with Gasteiger partial charge in [-0.3, -0.25) is 0 Å². The lowest BCUT2D eigenvalue weighted by atomic mass is 10.2. The highest BCUT2D eigenvalue weighted by molar-refractivity contribution is 5.87. The fourth-order valence-corrected chi connectivity index (χ4v) is 1.70. The molecule has 0 atom stereocenters. The van der Waals surface area contributed by atoms with Crippen molar-refractivity contribution >= 4 is 12.0 Å². The smallest absolute Gasteiger partial charge is 0.331 e. The van der Waals surface area contributed by atoms with E-state index >= 15 is 0 Å². The molecular weight excluding hydrogens is 310 g/mol. The Balaban J connectivity index is 1.82. The van der Waals surface area contributed by atoms with Crippen molar-refractivity contribution < 1.29 is 18.8 Å². The van der Waals surface area contributed by atoms with E-state index in [4.69, 9.17) is 19.3 Å². The Labute approximate surface area is 139 Å². The maximum absolute atomic E-state index is 11.7. The first-order valence-corrected chi connectivity index (χ1v) is 7.35. The summed E-state index contributed by atoms with van der Waals surface area (Å²) in [5.74, 6) is 1.07. The molecule has 0 amide bonds. The fourth-order valence-electron chi connectivity index (χ4n) is 1.70. The van der Waals surface area contributed by atoms with Gasteiger partial charge in [0.1, 0.15) is 11.8 Å². The first-order chi connectivity index (χ1) is 11.6. The Morgan fingerprint density at radius 2 is 2.12 bits per heavy atom. The van der Waals surface area contributed by atoms with Crippen LogP contribution in [0.3, 0.4) is 0 Å². The maximum atomic E-state index is 11.7. The third-order valence-electron chi connectivity index (χ3n) is 2.93. The molecule has 0 saturated heterocycles. The molecule has 0 N–H and O–H groups in total. The summed E-state index contributed by atoms with van der Waals surface area (Å²) >= 11 is 0. The number of rotatable bonds is 7. The normalized spacial score (nSPS) is 10.8. The number of hydrogen-bond acceptors (Lipinski definition) is 7. The fraction of sp³-hybridized carbons (Fsp3) is 0.294. The summed E-state index contributed by atoms with van der Waals surface area (Å²) in [4.78, 5) is 15.8. The van der Waals surface area contributed by atoms with E-state index in [0.717, 1.165) is 5.56 Å². The Bertz CT molecular complexity index is 742. The Morgan fingerprint density at radius 1 is 1.38 bits per heavy atom. The summed E-state index contributed by atoms with van der Waals surface area (Å²) in [5.41, 5.74) is 0.802. The predicted octanol–water partition coefficient (Wildman–Crippen LogP) is 2.85. The van der Waals surface area contributed by atoms with Gasteiger partial charge < -0.3 is 14.0 Å². The maximum Gasteiger partial charge on any atom is 0.331 e. The lowest BCUT2D eigenvalue weighted by molar-refractivity contribution is -0.139. The van der Waals surface area contributed by atoms with Crippen molar-refractivity contribution in [1.82, 2.24) is 10.1 Å². The van der Waals surface area contributed by atoms with Crippen LogP contribution in [0.2, 0.25) is 0 Å². The van der Waals surface area contributed by atoms with Crippen LogP contribution in [0.25, 0.3) is 6.08 Å². The standard InChI is InChI=1S/C17H17N3O4/c1-12(2)17-19-15(24-20-17)11-23-16(21)8-5-13-3-6-14(7-4-13)22-10-9-18/h3-8,12H,10-11H2,1-2H3/b8-5+. The molecular formula is C17H17N3O4. The van der Waals surface area contributed by atoms with Crippen LogP contribution in [0.4, 0.5) is 0 Å². The van der Waals surface area contributed by atoms with Crippen molar-refractivity contribution in [3.63, 3.8) is 0 Å². The van der Waals surface area contributed by atoms with Gasteiger partial charge in [-0.25, -0.2) is 4.79 Å². The molecule has 0 spiro atoms. The molecule has 24 heavy (non-hydrogen) atoms. The SMILES string of the molecule is CC(C)c1noc(COC(=O)/C=C/c2ccc(OCC#N)cc2)n1. The number of nitrogens with zero attached hydrogens (tertiary/aromatic N) is 3. The Morgan fingerprint density at radius 3 is 2.75 bits per heavy atom. The summed E-state index contributed by atoms with van der Waals surface area (Å²) in [6.45, 7) is 3.82. The van der Waals surface area contributed by atoms with Gasteiger partial charge >= 0.3 is 5.97 Å². The van der Waals surface area contributed by atoms with Crippen LogP contribution >= 0.6 is 0 Å². The molecule has 1 aromatic carbocycles. The highest BCUT2D eigenvalue weighted by Crippen LogP contribution is 2.13. The zero-order valence-electron chi connectivity index (χ0n) is 13.4. The molecule has 0 aliphatic rings. The second kappa shape index (κ2) is 8.48. The molecule has 0 bridgehead atoms. The van der Waals surface area contributed by atoms with Crippen molar-refractivity contribution in [2.24, 2.45) is 0 Å². The van der Waals surface area contributed by atoms with Crippen molar-refractivity contribution in [1.29, 1.82) is 5.26 Å². The van der Waals surface area contributed by atoms with E-state index in [1.54, 1.807) is 30.3 Å². The number of ether oxygens (including phenoxy) is 2. The highest BCUT2D eigenvalue weighted by Gasteiger charge is 2.10. The van der Waals surface area contributed by atoms with Gasteiger partial charge in [-0.15, -0.1) is 0 Å². The molecule has 7 nitrogen and oxygen atoms in total. The van der Waals surface area contributed by atoms with Gasteiger partial charge in [0.05, 0.1) is 0 Å². The van der Waals surface area contributed by atoms with Gasteiger partial charge in [-0.1, -0.05) is 31.1 Å². The molecule has 2 rings (SSSR count). The zero-order valence-corrected chi connectivity index (χ0v) is 13.4. The quantitative estimate of drug-likeness (QED) is 0.569. The minimum absolute atomic E-state index is 0.00426. The highest BCUT2D eigenvalue weighted by atomic mass is 16.6. The van der Waals surface area contributed by atoms with Gasteiger partial charge in [0.15, 0.2) is 19.0 Å². The number of carbonyl (C=O) groups is 1. The molecule has 0 aliphatic heterocycles. The Hall–Kier alpha value is -3.14. The molecule has 2 aromatic rings. The molecule has 0 unspecified atom stereocenters. The van der Waals surface area contributed by atoms with Gasteiger partial charge in [-0.05, 0) is 23.8 Å². The van der Waals surface area contributed by atoms with Crippen LogP contribution in [0.15, 0.2) is 34.9 Å². The summed E-state index contributed by atoms with van der Waals surface area (Å²) in [7, 11) is 0. The van der Waals surface area contributed by atoms with E-state index in [-0.39, 0.29) is 25.0 Å². The van der Waals surface area contributed by atoms with Crippen molar-refractivity contribution in [2.75, 3.05) is 6.61 Å². The number of carbonyl (C=O) groups excluding carboxylic acids is 1. The van der Waals surface area contributed by atoms with Crippen LogP contribution in [-0.4, -0.2) is 22.7 Å². The number of esters is 1.